The number of hydrogen-bond acceptors (Lipinski definition) is 17. The molecule has 6 atom stereocenters. The summed E-state index contributed by atoms with van der Waals surface area (Å²) in [6, 6.07) is 6.73. The summed E-state index contributed by atoms with van der Waals surface area (Å²) in [5, 5.41) is 23.1. The number of carbonyl (C=O) groups is 6. The van der Waals surface area contributed by atoms with Gasteiger partial charge in [-0.3, -0.25) is 28.8 Å². The fourth-order valence-corrected chi connectivity index (χ4v) is 4.87. The molecule has 0 saturated heterocycles. The van der Waals surface area contributed by atoms with E-state index in [0.717, 1.165) is 25.5 Å². The van der Waals surface area contributed by atoms with Gasteiger partial charge >= 0.3 is 17.9 Å². The summed E-state index contributed by atoms with van der Waals surface area (Å²) in [5.74, 6) is -0.889. The van der Waals surface area contributed by atoms with Gasteiger partial charge in [-0.15, -0.1) is 0 Å². The Balaban J connectivity index is -0.000000144. The van der Waals surface area contributed by atoms with Gasteiger partial charge in [0.15, 0.2) is 0 Å². The second-order valence-electron chi connectivity index (χ2n) is 14.0. The average Bonchev–Trinajstić information content (AvgIpc) is 3.27. The molecule has 1 aromatic carbocycles. The minimum Gasteiger partial charge on any atom is -0.464 e. The molecular formula is C44H94N10O10. The van der Waals surface area contributed by atoms with Crippen LogP contribution in [0.25, 0.3) is 0 Å². The highest BCUT2D eigenvalue weighted by Gasteiger charge is 2.22. The molecule has 380 valence electrons. The van der Waals surface area contributed by atoms with Crippen LogP contribution in [0.4, 0.5) is 0 Å². The molecule has 20 heteroatoms. The highest BCUT2D eigenvalue weighted by atomic mass is 16.5. The van der Waals surface area contributed by atoms with Gasteiger partial charge in [-0.25, -0.2) is 0 Å². The summed E-state index contributed by atoms with van der Waals surface area (Å²) < 4.78 is 15.4. The summed E-state index contributed by atoms with van der Waals surface area (Å²) in [4.78, 5) is 68.9. The zero-order valence-corrected chi connectivity index (χ0v) is 38.8. The SMILES string of the molecule is C.C.C.CN.CNC(=O)[C@@H](N)CCOC(=O)[C@H](CC(C)C)NC.CNC(=O)[C@@H](N)CCOC(=O)[C@H](CC(C)C)NC.CNC(=O)[C@@H](N)CCOC(=O)[C@H](Cc1ccccc1)NC.CO. The van der Waals surface area contributed by atoms with Gasteiger partial charge in [0, 0.05) is 47.5 Å². The maximum Gasteiger partial charge on any atom is 0.323 e. The van der Waals surface area contributed by atoms with Gasteiger partial charge in [0.1, 0.15) is 18.1 Å². The summed E-state index contributed by atoms with van der Waals surface area (Å²) in [7, 11) is 12.2. The number of rotatable bonds is 24. The molecule has 0 aliphatic heterocycles. The number of ether oxygens (including phenoxy) is 3. The molecule has 0 aliphatic carbocycles. The molecule has 0 aromatic heterocycles. The third kappa shape index (κ3) is 38.2. The van der Waals surface area contributed by atoms with E-state index in [1.807, 2.05) is 58.0 Å². The average molecular weight is 923 g/mol. The fourth-order valence-electron chi connectivity index (χ4n) is 4.87. The van der Waals surface area contributed by atoms with Crippen LogP contribution in [0.2, 0.25) is 0 Å². The Bertz CT molecular complexity index is 1240. The number of carbonyl (C=O) groups excluding carboxylic acids is 6. The van der Waals surface area contributed by atoms with Crippen molar-refractivity contribution in [1.82, 2.24) is 31.9 Å². The smallest absolute Gasteiger partial charge is 0.323 e. The normalized spacial score (nSPS) is 12.5. The van der Waals surface area contributed by atoms with Crippen molar-refractivity contribution in [2.45, 2.75) is 125 Å². The van der Waals surface area contributed by atoms with Gasteiger partial charge in [-0.1, -0.05) is 80.3 Å². The molecule has 0 bridgehead atoms. The molecule has 15 N–H and O–H groups in total. The van der Waals surface area contributed by atoms with Crippen LogP contribution in [-0.2, 0) is 49.4 Å². The van der Waals surface area contributed by atoms with E-state index < -0.39 is 24.2 Å². The summed E-state index contributed by atoms with van der Waals surface area (Å²) in [6.07, 6.45) is 2.94. The lowest BCUT2D eigenvalue weighted by Crippen LogP contribution is -2.41. The fraction of sp³-hybridized carbons (Fsp3) is 0.727. The molecular weight excluding hydrogens is 829 g/mol. The number of benzene rings is 1. The number of esters is 3. The van der Waals surface area contributed by atoms with Gasteiger partial charge in [0.25, 0.3) is 0 Å². The van der Waals surface area contributed by atoms with Crippen LogP contribution in [0.5, 0.6) is 0 Å². The number of nitrogens with two attached hydrogens (primary N) is 4. The van der Waals surface area contributed by atoms with E-state index >= 15 is 0 Å². The predicted molar refractivity (Wildman–Crippen MR) is 259 cm³/mol. The quantitative estimate of drug-likeness (QED) is 0.0486. The second kappa shape index (κ2) is 48.2. The first-order valence-electron chi connectivity index (χ1n) is 20.4. The summed E-state index contributed by atoms with van der Waals surface area (Å²) >= 11 is 0. The zero-order valence-electron chi connectivity index (χ0n) is 38.8. The molecule has 0 aliphatic rings. The van der Waals surface area contributed by atoms with E-state index in [4.69, 9.17) is 36.5 Å². The lowest BCUT2D eigenvalue weighted by Gasteiger charge is -2.17. The first kappa shape index (κ1) is 74.1. The number of nitrogens with one attached hydrogen (secondary N) is 6. The van der Waals surface area contributed by atoms with E-state index in [0.29, 0.717) is 37.5 Å². The molecule has 64 heavy (non-hydrogen) atoms. The molecule has 0 spiro atoms. The van der Waals surface area contributed by atoms with Crippen LogP contribution in [0.1, 0.15) is 87.6 Å². The minimum atomic E-state index is -0.662. The van der Waals surface area contributed by atoms with Gasteiger partial charge < -0.3 is 74.2 Å². The van der Waals surface area contributed by atoms with Crippen molar-refractivity contribution in [3.05, 3.63) is 35.9 Å². The Hall–Kier alpha value is -4.28. The Morgan fingerprint density at radius 3 is 1.02 bits per heavy atom. The van der Waals surface area contributed by atoms with Crippen molar-refractivity contribution in [1.29, 1.82) is 0 Å². The van der Waals surface area contributed by atoms with E-state index in [-0.39, 0.29) is 89.8 Å². The number of aliphatic hydroxyl groups excluding tert-OH is 1. The van der Waals surface area contributed by atoms with Crippen molar-refractivity contribution in [3.8, 4) is 0 Å². The Kier molecular flexibility index (Phi) is 55.8. The minimum absolute atomic E-state index is 0. The lowest BCUT2D eigenvalue weighted by atomic mass is 10.0. The van der Waals surface area contributed by atoms with Crippen LogP contribution >= 0.6 is 0 Å². The third-order valence-electron chi connectivity index (χ3n) is 8.36. The van der Waals surface area contributed by atoms with E-state index in [9.17, 15) is 28.8 Å². The van der Waals surface area contributed by atoms with Crippen molar-refractivity contribution in [3.63, 3.8) is 0 Å². The van der Waals surface area contributed by atoms with E-state index in [2.05, 4.69) is 37.6 Å². The third-order valence-corrected chi connectivity index (χ3v) is 8.36. The topological polar surface area (TPSA) is 327 Å². The highest BCUT2D eigenvalue weighted by molar-refractivity contribution is 5.82. The maximum absolute atomic E-state index is 12.0. The molecule has 1 aromatic rings. The molecule has 0 fully saturated rings. The number of aliphatic hydroxyl groups is 1. The Labute approximate surface area is 386 Å². The molecule has 3 amide bonds. The summed E-state index contributed by atoms with van der Waals surface area (Å²) in [6.45, 7) is 8.60. The van der Waals surface area contributed by atoms with Crippen molar-refractivity contribution < 1.29 is 48.1 Å². The number of likely N-dealkylation sites (N-methyl/N-ethyl adjacent to an activating group) is 6. The van der Waals surface area contributed by atoms with Crippen molar-refractivity contribution in [2.75, 3.05) is 76.3 Å². The largest absolute Gasteiger partial charge is 0.464 e. The van der Waals surface area contributed by atoms with E-state index in [1.54, 1.807) is 21.1 Å². The molecule has 0 heterocycles. The standard InChI is InChI=1S/C15H23N3O3.2C12H25N3O3.CH5N.CH4O.3CH4/c1-17-13(10-11-6-4-3-5-7-11)15(20)21-9-8-12(16)14(19)18-2;2*1-8(2)7-10(14-3)12(17)18-6-5-9(13)11(16)15-4;2*1-2;;;/h3-7,12-13,17H,8-10,16H2,1-2H3,(H,18,19);2*8-10,14H,5-7,13H2,1-4H3,(H,15,16);2H2,1H3;2H,1H3;3*1H4/t12-,13-;2*9-,10-;;;;;/m000...../s1. The van der Waals surface area contributed by atoms with Gasteiger partial charge in [0.2, 0.25) is 17.7 Å². The predicted octanol–water partition coefficient (Wildman–Crippen LogP) is 0.170. The van der Waals surface area contributed by atoms with Gasteiger partial charge in [-0.05, 0) is 64.9 Å². The Morgan fingerprint density at radius 2 is 0.781 bits per heavy atom. The van der Waals surface area contributed by atoms with Crippen LogP contribution in [0.15, 0.2) is 30.3 Å². The first-order chi connectivity index (χ1) is 28.9. The lowest BCUT2D eigenvalue weighted by molar-refractivity contribution is -0.147. The van der Waals surface area contributed by atoms with E-state index in [1.165, 1.54) is 28.2 Å². The van der Waals surface area contributed by atoms with Gasteiger partial charge in [-0.2, -0.15) is 0 Å². The first-order valence-corrected chi connectivity index (χ1v) is 20.4. The van der Waals surface area contributed by atoms with Crippen LogP contribution in [0.3, 0.4) is 0 Å². The number of amides is 3. The van der Waals surface area contributed by atoms with Crippen molar-refractivity contribution >= 4 is 35.6 Å². The van der Waals surface area contributed by atoms with Crippen LogP contribution < -0.4 is 54.8 Å². The molecule has 1 rings (SSSR count). The monoisotopic (exact) mass is 923 g/mol. The second-order valence-corrected chi connectivity index (χ2v) is 14.0. The highest BCUT2D eigenvalue weighted by Crippen LogP contribution is 2.08. The summed E-state index contributed by atoms with van der Waals surface area (Å²) in [5.41, 5.74) is 22.3. The van der Waals surface area contributed by atoms with Crippen LogP contribution in [-0.4, -0.2) is 153 Å². The van der Waals surface area contributed by atoms with Gasteiger partial charge in [0.05, 0.1) is 37.9 Å². The molecule has 20 nitrogen and oxygen atoms in total. The van der Waals surface area contributed by atoms with Crippen molar-refractivity contribution in [2.24, 2.45) is 34.8 Å². The zero-order chi connectivity index (χ0) is 47.9. The molecule has 0 saturated carbocycles. The van der Waals surface area contributed by atoms with Crippen LogP contribution in [0, 0.1) is 11.8 Å². The Morgan fingerprint density at radius 1 is 0.516 bits per heavy atom. The molecule has 0 radical (unpaired) electrons. The maximum atomic E-state index is 12.0. The molecule has 0 unspecified atom stereocenters. The number of hydrogen-bond donors (Lipinski definition) is 11.